The maximum absolute atomic E-state index is 11.8. The molecule has 2 unspecified atom stereocenters. The molecule has 3 N–H and O–H groups in total. The monoisotopic (exact) mass is 484 g/mol. The molecule has 13 heteroatoms. The highest BCUT2D eigenvalue weighted by atomic mass is 32.3. The Hall–Kier alpha value is 0.160. The van der Waals surface area contributed by atoms with Crippen LogP contribution < -0.4 is 0 Å². The molecule has 0 saturated carbocycles. The van der Waals surface area contributed by atoms with E-state index in [0.29, 0.717) is 12.3 Å². The first-order chi connectivity index (χ1) is 12.7. The van der Waals surface area contributed by atoms with Gasteiger partial charge in [-0.1, -0.05) is 33.6 Å². The van der Waals surface area contributed by atoms with Gasteiger partial charge in [-0.05, 0) is 50.6 Å². The Bertz CT molecular complexity index is 744. The van der Waals surface area contributed by atoms with Gasteiger partial charge in [-0.2, -0.15) is 25.3 Å². The Morgan fingerprint density at radius 2 is 1.36 bits per heavy atom. The molecule has 0 saturated heterocycles. The molecule has 0 fully saturated rings. The summed E-state index contributed by atoms with van der Waals surface area (Å²) in [5.74, 6) is 0. The first kappa shape index (κ1) is 28.2. The molecule has 28 heavy (non-hydrogen) atoms. The predicted molar refractivity (Wildman–Crippen MR) is 112 cm³/mol. The maximum Gasteiger partial charge on any atom is 0.287 e. The zero-order valence-corrected chi connectivity index (χ0v) is 20.0. The highest BCUT2D eigenvalue weighted by Gasteiger charge is 2.52. The van der Waals surface area contributed by atoms with Gasteiger partial charge in [-0.15, -0.1) is 7.92 Å². The molecule has 0 aromatic carbocycles. The van der Waals surface area contributed by atoms with Crippen molar-refractivity contribution in [3.05, 3.63) is 0 Å². The first-order valence-electron chi connectivity index (χ1n) is 9.29. The Kier molecular flexibility index (Phi) is 11.6. The predicted octanol–water partition coefficient (Wildman–Crippen LogP) is 2.99. The molecule has 0 aliphatic heterocycles. The van der Waals surface area contributed by atoms with Gasteiger partial charge in [0.15, 0.2) is 0 Å². The van der Waals surface area contributed by atoms with Crippen LogP contribution in [0.2, 0.25) is 0 Å². The van der Waals surface area contributed by atoms with Gasteiger partial charge in [0.2, 0.25) is 4.08 Å². The van der Waals surface area contributed by atoms with Gasteiger partial charge >= 0.3 is 0 Å². The summed E-state index contributed by atoms with van der Waals surface area (Å²) >= 11 is 0. The molecule has 0 aromatic rings. The van der Waals surface area contributed by atoms with Crippen molar-refractivity contribution in [2.24, 2.45) is 0 Å². The van der Waals surface area contributed by atoms with E-state index in [-0.39, 0.29) is 19.0 Å². The zero-order valence-electron chi connectivity index (χ0n) is 16.6. The van der Waals surface area contributed by atoms with Gasteiger partial charge in [0.25, 0.3) is 30.4 Å². The van der Waals surface area contributed by atoms with Crippen LogP contribution in [0.1, 0.15) is 65.7 Å². The van der Waals surface area contributed by atoms with Crippen molar-refractivity contribution in [3.8, 4) is 0 Å². The van der Waals surface area contributed by atoms with E-state index < -0.39 is 60.4 Å². The van der Waals surface area contributed by atoms with Gasteiger partial charge in [0, 0.05) is 0 Å². The summed E-state index contributed by atoms with van der Waals surface area (Å²) in [5, 5.41) is -0.928. The van der Waals surface area contributed by atoms with E-state index in [1.54, 1.807) is 6.92 Å². The largest absolute Gasteiger partial charge is 0.287 e. The summed E-state index contributed by atoms with van der Waals surface area (Å²) in [5.41, 5.74) is 0. The van der Waals surface area contributed by atoms with Crippen LogP contribution in [-0.2, 0) is 30.4 Å². The molecule has 2 atom stereocenters. The third-order valence-corrected chi connectivity index (χ3v) is 13.2. The highest BCUT2D eigenvalue weighted by Crippen LogP contribution is 2.43. The molecule has 0 heterocycles. The lowest BCUT2D eigenvalue weighted by Gasteiger charge is -2.28. The van der Waals surface area contributed by atoms with Gasteiger partial charge in [0.1, 0.15) is 0 Å². The summed E-state index contributed by atoms with van der Waals surface area (Å²) in [6, 6.07) is 0. The molecule has 0 aromatic heterocycles. The molecule has 0 radical (unpaired) electrons. The van der Waals surface area contributed by atoms with Crippen molar-refractivity contribution in [1.29, 1.82) is 0 Å². The van der Waals surface area contributed by atoms with E-state index >= 15 is 0 Å². The molecule has 0 rings (SSSR count). The highest BCUT2D eigenvalue weighted by molar-refractivity contribution is 8.05. The molecular formula is C15H33O9PS3. The smallest absolute Gasteiger partial charge is 0.285 e. The summed E-state index contributed by atoms with van der Waals surface area (Å²) in [6.07, 6.45) is 3.35. The number of hydrogen-bond acceptors (Lipinski definition) is 6. The molecule has 0 aliphatic carbocycles. The number of hydrogen-bond donors (Lipinski definition) is 3. The van der Waals surface area contributed by atoms with Crippen molar-refractivity contribution >= 4 is 38.3 Å². The fourth-order valence-corrected chi connectivity index (χ4v) is 9.62. The normalized spacial score (nSPS) is 16.1. The first-order valence-corrected chi connectivity index (χ1v) is 15.6. The second kappa shape index (κ2) is 11.5. The summed E-state index contributed by atoms with van der Waals surface area (Å²) in [4.78, 5) is 0. The minimum absolute atomic E-state index is 0.133. The Labute approximate surface area is 170 Å². The van der Waals surface area contributed by atoms with Crippen LogP contribution >= 0.6 is 7.92 Å². The molecule has 0 bridgehead atoms. The maximum atomic E-state index is 11.8. The molecule has 0 amide bonds. The summed E-state index contributed by atoms with van der Waals surface area (Å²) in [6.45, 7) is 4.90. The van der Waals surface area contributed by atoms with Crippen LogP contribution in [0.5, 0.6) is 0 Å². The minimum Gasteiger partial charge on any atom is -0.285 e. The Balaban J connectivity index is 5.47. The third kappa shape index (κ3) is 8.12. The van der Waals surface area contributed by atoms with E-state index in [0.717, 1.165) is 19.3 Å². The van der Waals surface area contributed by atoms with Crippen molar-refractivity contribution < 1.29 is 38.9 Å². The SMILES string of the molecule is CCCCCP(CCC(CC)S(=O)(=O)O)CCC(CC)(S(=O)(=O)O)S(=O)(=O)O. The molecule has 0 spiro atoms. The molecular weight excluding hydrogens is 451 g/mol. The lowest BCUT2D eigenvalue weighted by molar-refractivity contribution is 0.412. The van der Waals surface area contributed by atoms with Crippen molar-refractivity contribution in [2.75, 3.05) is 18.5 Å². The minimum atomic E-state index is -5.08. The van der Waals surface area contributed by atoms with Crippen molar-refractivity contribution in [2.45, 2.75) is 75.0 Å². The van der Waals surface area contributed by atoms with E-state index in [1.807, 2.05) is 6.92 Å². The summed E-state index contributed by atoms with van der Waals surface area (Å²) < 4.78 is 95.4. The zero-order chi connectivity index (χ0) is 22.2. The fourth-order valence-electron chi connectivity index (χ4n) is 3.07. The second-order valence-electron chi connectivity index (χ2n) is 6.85. The van der Waals surface area contributed by atoms with E-state index in [2.05, 4.69) is 0 Å². The number of rotatable bonds is 15. The lowest BCUT2D eigenvalue weighted by Crippen LogP contribution is -2.46. The second-order valence-corrected chi connectivity index (χ2v) is 14.9. The van der Waals surface area contributed by atoms with Gasteiger partial charge < -0.3 is 0 Å². The van der Waals surface area contributed by atoms with Crippen molar-refractivity contribution in [3.63, 3.8) is 0 Å². The molecule has 170 valence electrons. The lowest BCUT2D eigenvalue weighted by atomic mass is 10.2. The van der Waals surface area contributed by atoms with Crippen LogP contribution in [0.15, 0.2) is 0 Å². The average Bonchev–Trinajstić information content (AvgIpc) is 2.51. The topological polar surface area (TPSA) is 163 Å². The van der Waals surface area contributed by atoms with E-state index in [1.165, 1.54) is 6.92 Å². The van der Waals surface area contributed by atoms with Gasteiger partial charge in [-0.3, -0.25) is 13.7 Å². The van der Waals surface area contributed by atoms with Gasteiger partial charge in [0.05, 0.1) is 5.25 Å². The number of unbranched alkanes of at least 4 members (excludes halogenated alkanes) is 2. The van der Waals surface area contributed by atoms with Crippen LogP contribution in [0.3, 0.4) is 0 Å². The average molecular weight is 485 g/mol. The molecule has 9 nitrogen and oxygen atoms in total. The summed E-state index contributed by atoms with van der Waals surface area (Å²) in [7, 11) is -15.3. The van der Waals surface area contributed by atoms with E-state index in [4.69, 9.17) is 0 Å². The molecule has 0 aliphatic rings. The van der Waals surface area contributed by atoms with E-state index in [9.17, 15) is 38.9 Å². The quantitative estimate of drug-likeness (QED) is 0.180. The third-order valence-electron chi connectivity index (χ3n) is 5.01. The van der Waals surface area contributed by atoms with Gasteiger partial charge in [-0.25, -0.2) is 0 Å². The Morgan fingerprint density at radius 1 is 0.821 bits per heavy atom. The van der Waals surface area contributed by atoms with Crippen LogP contribution in [0.25, 0.3) is 0 Å². The fraction of sp³-hybridized carbons (Fsp3) is 1.00. The van der Waals surface area contributed by atoms with Crippen molar-refractivity contribution in [1.82, 2.24) is 0 Å². The van der Waals surface area contributed by atoms with Crippen LogP contribution in [-0.4, -0.2) is 66.7 Å². The standard InChI is InChI=1S/C15H33O9PS3/c1-4-7-8-11-25(12-9-14(5-2)26(16,17)18)13-10-15(6-3,27(19,20)21)28(22,23)24/h14H,4-13H2,1-3H3,(H,16,17,18)(H,19,20,21)(H,22,23,24). The Morgan fingerprint density at radius 3 is 1.71 bits per heavy atom. The van der Waals surface area contributed by atoms with Crippen LogP contribution in [0, 0.1) is 0 Å². The van der Waals surface area contributed by atoms with Crippen LogP contribution in [0.4, 0.5) is 0 Å².